The van der Waals surface area contributed by atoms with E-state index in [4.69, 9.17) is 4.74 Å². The highest BCUT2D eigenvalue weighted by molar-refractivity contribution is 5.75. The van der Waals surface area contributed by atoms with Gasteiger partial charge >= 0.3 is 0 Å². The largest absolute Gasteiger partial charge is 0.485 e. The minimum Gasteiger partial charge on any atom is -0.485 e. The number of rotatable bonds is 9. The van der Waals surface area contributed by atoms with E-state index in [9.17, 15) is 4.79 Å². The monoisotopic (exact) mass is 421 g/mol. The van der Waals surface area contributed by atoms with Crippen LogP contribution in [0.5, 0.6) is 5.75 Å². The van der Waals surface area contributed by atoms with Gasteiger partial charge in [0, 0.05) is 45.0 Å². The minimum absolute atomic E-state index is 0.0418. The average Bonchev–Trinajstić information content (AvgIpc) is 3.26. The molecule has 9 nitrogen and oxygen atoms in total. The van der Waals surface area contributed by atoms with Gasteiger partial charge in [0.25, 0.3) is 0 Å². The molecule has 2 aromatic carbocycles. The van der Waals surface area contributed by atoms with Crippen molar-refractivity contribution in [3.63, 3.8) is 0 Å². The van der Waals surface area contributed by atoms with E-state index in [0.29, 0.717) is 12.4 Å². The summed E-state index contributed by atoms with van der Waals surface area (Å²) in [6.45, 7) is 5.64. The van der Waals surface area contributed by atoms with E-state index in [-0.39, 0.29) is 19.1 Å². The molecule has 1 amide bonds. The van der Waals surface area contributed by atoms with Gasteiger partial charge in [0.05, 0.1) is 0 Å². The quantitative estimate of drug-likeness (QED) is 0.555. The summed E-state index contributed by atoms with van der Waals surface area (Å²) in [6.07, 6.45) is 0. The lowest BCUT2D eigenvalue weighted by Gasteiger charge is -2.36. The molecule has 0 saturated carbocycles. The smallest absolute Gasteiger partial charge is 0.243 e. The second-order valence-electron chi connectivity index (χ2n) is 7.35. The van der Waals surface area contributed by atoms with Crippen molar-refractivity contribution in [3.8, 4) is 5.75 Å². The van der Waals surface area contributed by atoms with Crippen LogP contribution < -0.4 is 15.0 Å². The predicted molar refractivity (Wildman–Crippen MR) is 117 cm³/mol. The first-order chi connectivity index (χ1) is 15.3. The lowest BCUT2D eigenvalue weighted by molar-refractivity contribution is -0.122. The van der Waals surface area contributed by atoms with Crippen LogP contribution in [0, 0.1) is 0 Å². The molecule has 1 saturated heterocycles. The molecule has 1 fully saturated rings. The van der Waals surface area contributed by atoms with Crippen molar-refractivity contribution in [2.24, 2.45) is 0 Å². The van der Waals surface area contributed by atoms with E-state index in [1.165, 1.54) is 10.5 Å². The van der Waals surface area contributed by atoms with Crippen molar-refractivity contribution < 1.29 is 9.53 Å². The molecule has 1 aromatic heterocycles. The van der Waals surface area contributed by atoms with Crippen LogP contribution in [0.2, 0.25) is 0 Å². The van der Waals surface area contributed by atoms with Gasteiger partial charge in [-0.3, -0.25) is 9.69 Å². The molecule has 2 heterocycles. The Morgan fingerprint density at radius 3 is 2.42 bits per heavy atom. The zero-order valence-electron chi connectivity index (χ0n) is 17.4. The molecule has 162 valence electrons. The Bertz CT molecular complexity index is 941. The van der Waals surface area contributed by atoms with Gasteiger partial charge in [0.1, 0.15) is 12.3 Å². The standard InChI is InChI=1S/C22H27N7O2/c30-22(17-29-25-21(24-26-29)18-31-20-9-5-2-6-10-20)23-11-12-27-13-15-28(16-14-27)19-7-3-1-4-8-19/h1-10H,11-18H2,(H,23,30). The maximum Gasteiger partial charge on any atom is 0.243 e. The molecule has 0 unspecified atom stereocenters. The van der Waals surface area contributed by atoms with Crippen molar-refractivity contribution in [1.29, 1.82) is 0 Å². The first-order valence-electron chi connectivity index (χ1n) is 10.5. The molecular formula is C22H27N7O2. The van der Waals surface area contributed by atoms with Gasteiger partial charge in [-0.1, -0.05) is 36.4 Å². The van der Waals surface area contributed by atoms with Crippen molar-refractivity contribution in [2.75, 3.05) is 44.2 Å². The number of anilines is 1. The Morgan fingerprint density at radius 1 is 0.968 bits per heavy atom. The molecule has 0 bridgehead atoms. The Morgan fingerprint density at radius 2 is 1.68 bits per heavy atom. The highest BCUT2D eigenvalue weighted by Crippen LogP contribution is 2.15. The number of benzene rings is 2. The van der Waals surface area contributed by atoms with Gasteiger partial charge in [0.15, 0.2) is 6.61 Å². The van der Waals surface area contributed by atoms with Crippen LogP contribution in [-0.4, -0.2) is 70.3 Å². The van der Waals surface area contributed by atoms with Gasteiger partial charge in [-0.2, -0.15) is 4.80 Å². The fourth-order valence-corrected chi connectivity index (χ4v) is 3.47. The summed E-state index contributed by atoms with van der Waals surface area (Å²) in [4.78, 5) is 18.2. The number of nitrogens with one attached hydrogen (secondary N) is 1. The molecule has 4 rings (SSSR count). The number of nitrogens with zero attached hydrogens (tertiary/aromatic N) is 6. The fraction of sp³-hybridized carbons (Fsp3) is 0.364. The summed E-state index contributed by atoms with van der Waals surface area (Å²) in [5.41, 5.74) is 1.27. The third kappa shape index (κ3) is 6.26. The number of para-hydroxylation sites is 2. The second-order valence-corrected chi connectivity index (χ2v) is 7.35. The highest BCUT2D eigenvalue weighted by atomic mass is 16.5. The van der Waals surface area contributed by atoms with Crippen LogP contribution in [0.1, 0.15) is 5.82 Å². The van der Waals surface area contributed by atoms with Crippen LogP contribution in [0.4, 0.5) is 5.69 Å². The molecule has 9 heteroatoms. The molecule has 0 aliphatic carbocycles. The number of ether oxygens (including phenoxy) is 1. The number of carbonyl (C=O) groups excluding carboxylic acids is 1. The summed E-state index contributed by atoms with van der Waals surface area (Å²) in [5, 5.41) is 15.0. The number of hydrogen-bond acceptors (Lipinski definition) is 7. The van der Waals surface area contributed by atoms with Gasteiger partial charge in [-0.05, 0) is 29.5 Å². The van der Waals surface area contributed by atoms with Crippen LogP contribution in [-0.2, 0) is 17.9 Å². The molecule has 3 aromatic rings. The highest BCUT2D eigenvalue weighted by Gasteiger charge is 2.17. The predicted octanol–water partition coefficient (Wildman–Crippen LogP) is 1.19. The van der Waals surface area contributed by atoms with E-state index in [0.717, 1.165) is 38.5 Å². The molecule has 0 atom stereocenters. The van der Waals surface area contributed by atoms with Crippen molar-refractivity contribution in [2.45, 2.75) is 13.2 Å². The summed E-state index contributed by atoms with van der Waals surface area (Å²) in [5.74, 6) is 1.05. The maximum atomic E-state index is 12.2. The van der Waals surface area contributed by atoms with Crippen LogP contribution in [0.15, 0.2) is 60.7 Å². The lowest BCUT2D eigenvalue weighted by Crippen LogP contribution is -2.48. The van der Waals surface area contributed by atoms with Crippen molar-refractivity contribution >= 4 is 11.6 Å². The van der Waals surface area contributed by atoms with Crippen molar-refractivity contribution in [3.05, 3.63) is 66.5 Å². The maximum absolute atomic E-state index is 12.2. The SMILES string of the molecule is O=C(Cn1nnc(COc2ccccc2)n1)NCCN1CCN(c2ccccc2)CC1. The third-order valence-corrected chi connectivity index (χ3v) is 5.13. The van der Waals surface area contributed by atoms with Gasteiger partial charge < -0.3 is 15.0 Å². The summed E-state index contributed by atoms with van der Waals surface area (Å²) < 4.78 is 5.59. The van der Waals surface area contributed by atoms with Crippen LogP contribution >= 0.6 is 0 Å². The summed E-state index contributed by atoms with van der Waals surface area (Å²) >= 11 is 0. The van der Waals surface area contributed by atoms with E-state index in [1.807, 2.05) is 36.4 Å². The third-order valence-electron chi connectivity index (χ3n) is 5.13. The number of amides is 1. The van der Waals surface area contributed by atoms with Crippen LogP contribution in [0.25, 0.3) is 0 Å². The second kappa shape index (κ2) is 10.5. The Labute approximate surface area is 181 Å². The van der Waals surface area contributed by atoms with Crippen LogP contribution in [0.3, 0.4) is 0 Å². The minimum atomic E-state index is -0.129. The zero-order chi connectivity index (χ0) is 21.3. The molecular weight excluding hydrogens is 394 g/mol. The Kier molecular flexibility index (Phi) is 7.07. The fourth-order valence-electron chi connectivity index (χ4n) is 3.47. The molecule has 0 spiro atoms. The van der Waals surface area contributed by atoms with Crippen molar-refractivity contribution in [1.82, 2.24) is 30.4 Å². The Balaban J connectivity index is 1.12. The van der Waals surface area contributed by atoms with E-state index < -0.39 is 0 Å². The molecule has 1 aliphatic heterocycles. The topological polar surface area (TPSA) is 88.4 Å². The number of piperazine rings is 1. The first-order valence-corrected chi connectivity index (χ1v) is 10.5. The van der Waals surface area contributed by atoms with E-state index >= 15 is 0 Å². The number of hydrogen-bond donors (Lipinski definition) is 1. The summed E-state index contributed by atoms with van der Waals surface area (Å²) in [6, 6.07) is 19.9. The number of tetrazole rings is 1. The normalized spacial score (nSPS) is 14.4. The lowest BCUT2D eigenvalue weighted by atomic mass is 10.2. The van der Waals surface area contributed by atoms with E-state index in [2.05, 4.69) is 54.8 Å². The Hall–Kier alpha value is -3.46. The van der Waals surface area contributed by atoms with Gasteiger partial charge in [0.2, 0.25) is 11.7 Å². The van der Waals surface area contributed by atoms with Gasteiger partial charge in [-0.25, -0.2) is 0 Å². The summed E-state index contributed by atoms with van der Waals surface area (Å²) in [7, 11) is 0. The number of carbonyl (C=O) groups is 1. The molecule has 0 radical (unpaired) electrons. The molecule has 1 aliphatic rings. The molecule has 31 heavy (non-hydrogen) atoms. The van der Waals surface area contributed by atoms with E-state index in [1.54, 1.807) is 0 Å². The number of aromatic nitrogens is 4. The van der Waals surface area contributed by atoms with Gasteiger partial charge in [-0.15, -0.1) is 10.2 Å². The molecule has 1 N–H and O–H groups in total. The first kappa shape index (κ1) is 20.8. The zero-order valence-corrected chi connectivity index (χ0v) is 17.4. The average molecular weight is 422 g/mol.